The van der Waals surface area contributed by atoms with Crippen molar-refractivity contribution in [2.45, 2.75) is 12.8 Å². The van der Waals surface area contributed by atoms with Crippen molar-refractivity contribution in [2.75, 3.05) is 0 Å². The molecular formula is C28H16Br2O2. The molecule has 0 saturated carbocycles. The van der Waals surface area contributed by atoms with E-state index in [1.54, 1.807) is 0 Å². The second kappa shape index (κ2) is 7.36. The van der Waals surface area contributed by atoms with Crippen LogP contribution >= 0.6 is 31.9 Å². The molecule has 0 radical (unpaired) electrons. The van der Waals surface area contributed by atoms with Crippen LogP contribution in [0.4, 0.5) is 0 Å². The summed E-state index contributed by atoms with van der Waals surface area (Å²) in [6, 6.07) is 23.6. The molecular weight excluding hydrogens is 528 g/mol. The first-order valence-corrected chi connectivity index (χ1v) is 12.0. The number of fused-ring (bicyclic) bond motifs is 4. The SMILES string of the molecule is O=C1c2ccccc2Cc2ccc(Br)c(-c3c(Br)ccc4c3C(=O)c3ccccc3C4)c21. The third kappa shape index (κ3) is 2.83. The average Bonchev–Trinajstić information content (AvgIpc) is 2.81. The Kier molecular flexibility index (Phi) is 4.56. The molecule has 0 saturated heterocycles. The molecule has 0 N–H and O–H groups in total. The summed E-state index contributed by atoms with van der Waals surface area (Å²) in [6.07, 6.45) is 1.39. The minimum absolute atomic E-state index is 0.00584. The summed E-state index contributed by atoms with van der Waals surface area (Å²) in [6.45, 7) is 0. The smallest absolute Gasteiger partial charge is 0.194 e. The number of carbonyl (C=O) groups excluding carboxylic acids is 2. The van der Waals surface area contributed by atoms with Gasteiger partial charge in [-0.15, -0.1) is 0 Å². The van der Waals surface area contributed by atoms with Gasteiger partial charge in [0.1, 0.15) is 0 Å². The van der Waals surface area contributed by atoms with E-state index in [2.05, 4.69) is 31.9 Å². The van der Waals surface area contributed by atoms with Crippen LogP contribution in [0.5, 0.6) is 0 Å². The summed E-state index contributed by atoms with van der Waals surface area (Å²) in [5.41, 5.74) is 8.46. The maximum atomic E-state index is 13.7. The summed E-state index contributed by atoms with van der Waals surface area (Å²) in [5, 5.41) is 0. The van der Waals surface area contributed by atoms with Crippen LogP contribution in [-0.2, 0) is 12.8 Å². The zero-order valence-electron chi connectivity index (χ0n) is 16.9. The van der Waals surface area contributed by atoms with E-state index in [1.807, 2.05) is 72.8 Å². The van der Waals surface area contributed by atoms with Crippen LogP contribution in [0.25, 0.3) is 11.1 Å². The lowest BCUT2D eigenvalue weighted by atomic mass is 9.77. The highest BCUT2D eigenvalue weighted by molar-refractivity contribution is 9.11. The Balaban J connectivity index is 1.65. The van der Waals surface area contributed by atoms with E-state index in [4.69, 9.17) is 0 Å². The zero-order chi connectivity index (χ0) is 22.0. The van der Waals surface area contributed by atoms with E-state index in [0.29, 0.717) is 24.0 Å². The molecule has 0 heterocycles. The standard InChI is InChI=1S/C28H16Br2O2/c29-21-11-9-17-13-15-5-1-3-7-19(15)27(31)23(17)25(21)26-22(30)12-10-18-14-16-6-2-4-8-20(16)28(32)24(18)26/h1-12H,13-14H2. The van der Waals surface area contributed by atoms with Gasteiger partial charge in [0, 0.05) is 42.3 Å². The van der Waals surface area contributed by atoms with Gasteiger partial charge in [-0.3, -0.25) is 9.59 Å². The van der Waals surface area contributed by atoms with E-state index in [0.717, 1.165) is 53.5 Å². The van der Waals surface area contributed by atoms with E-state index in [-0.39, 0.29) is 11.6 Å². The average molecular weight is 544 g/mol. The second-order valence-corrected chi connectivity index (χ2v) is 9.95. The number of halogens is 2. The molecule has 32 heavy (non-hydrogen) atoms. The quantitative estimate of drug-likeness (QED) is 0.221. The Hall–Kier alpha value is -2.82. The highest BCUT2D eigenvalue weighted by atomic mass is 79.9. The van der Waals surface area contributed by atoms with Crippen LogP contribution in [-0.4, -0.2) is 11.6 Å². The number of hydrogen-bond acceptors (Lipinski definition) is 2. The van der Waals surface area contributed by atoms with Gasteiger partial charge in [-0.05, 0) is 47.2 Å². The molecule has 6 rings (SSSR count). The molecule has 2 aliphatic rings. The Bertz CT molecular complexity index is 1370. The van der Waals surface area contributed by atoms with Crippen molar-refractivity contribution in [3.63, 3.8) is 0 Å². The van der Waals surface area contributed by atoms with Crippen molar-refractivity contribution >= 4 is 43.4 Å². The van der Waals surface area contributed by atoms with Crippen LogP contribution in [0, 0.1) is 0 Å². The predicted molar refractivity (Wildman–Crippen MR) is 133 cm³/mol. The molecule has 0 spiro atoms. The Morgan fingerprint density at radius 3 is 1.31 bits per heavy atom. The van der Waals surface area contributed by atoms with Crippen LogP contribution in [0.1, 0.15) is 54.1 Å². The molecule has 0 fully saturated rings. The largest absolute Gasteiger partial charge is 0.289 e. The maximum absolute atomic E-state index is 13.7. The molecule has 4 aromatic carbocycles. The summed E-state index contributed by atoms with van der Waals surface area (Å²) in [4.78, 5) is 27.4. The van der Waals surface area contributed by atoms with Gasteiger partial charge in [0.25, 0.3) is 0 Å². The van der Waals surface area contributed by atoms with E-state index in [1.165, 1.54) is 0 Å². The van der Waals surface area contributed by atoms with Crippen molar-refractivity contribution in [3.8, 4) is 11.1 Å². The maximum Gasteiger partial charge on any atom is 0.194 e. The highest BCUT2D eigenvalue weighted by Gasteiger charge is 2.33. The lowest BCUT2D eigenvalue weighted by molar-refractivity contribution is 0.102. The third-order valence-electron chi connectivity index (χ3n) is 6.47. The van der Waals surface area contributed by atoms with E-state index < -0.39 is 0 Å². The normalized spacial score (nSPS) is 13.8. The Labute approximate surface area is 202 Å². The number of rotatable bonds is 1. The first kappa shape index (κ1) is 19.8. The van der Waals surface area contributed by atoms with Gasteiger partial charge in [0.2, 0.25) is 0 Å². The van der Waals surface area contributed by atoms with Crippen molar-refractivity contribution in [3.05, 3.63) is 126 Å². The van der Waals surface area contributed by atoms with Gasteiger partial charge in [0.15, 0.2) is 11.6 Å². The highest BCUT2D eigenvalue weighted by Crippen LogP contribution is 2.45. The minimum atomic E-state index is 0.00584. The van der Waals surface area contributed by atoms with Gasteiger partial charge in [-0.2, -0.15) is 0 Å². The Morgan fingerprint density at radius 2 is 0.875 bits per heavy atom. The Morgan fingerprint density at radius 1 is 0.469 bits per heavy atom. The number of carbonyl (C=O) groups is 2. The van der Waals surface area contributed by atoms with Gasteiger partial charge in [0.05, 0.1) is 0 Å². The van der Waals surface area contributed by atoms with Gasteiger partial charge < -0.3 is 0 Å². The van der Waals surface area contributed by atoms with Crippen LogP contribution < -0.4 is 0 Å². The van der Waals surface area contributed by atoms with Crippen molar-refractivity contribution in [1.29, 1.82) is 0 Å². The molecule has 0 unspecified atom stereocenters. The van der Waals surface area contributed by atoms with Crippen LogP contribution in [0.3, 0.4) is 0 Å². The molecule has 0 bridgehead atoms. The van der Waals surface area contributed by atoms with Crippen molar-refractivity contribution in [2.24, 2.45) is 0 Å². The third-order valence-corrected chi connectivity index (χ3v) is 7.79. The van der Waals surface area contributed by atoms with Crippen LogP contribution in [0.15, 0.2) is 81.7 Å². The lowest BCUT2D eigenvalue weighted by Gasteiger charge is -2.26. The number of hydrogen-bond donors (Lipinski definition) is 0. The zero-order valence-corrected chi connectivity index (χ0v) is 20.1. The summed E-state index contributed by atoms with van der Waals surface area (Å²) in [5.74, 6) is 0.0117. The fourth-order valence-electron chi connectivity index (χ4n) is 5.01. The fraction of sp³-hybridized carbons (Fsp3) is 0.0714. The van der Waals surface area contributed by atoms with Crippen molar-refractivity contribution < 1.29 is 9.59 Å². The molecule has 2 nitrogen and oxygen atoms in total. The van der Waals surface area contributed by atoms with E-state index >= 15 is 0 Å². The molecule has 0 atom stereocenters. The number of ketones is 2. The first-order chi connectivity index (χ1) is 15.5. The van der Waals surface area contributed by atoms with Gasteiger partial charge >= 0.3 is 0 Å². The molecule has 154 valence electrons. The predicted octanol–water partition coefficient (Wildman–Crippen LogP) is 7.15. The topological polar surface area (TPSA) is 34.1 Å². The molecule has 4 heteroatoms. The molecule has 0 aliphatic heterocycles. The molecule has 0 amide bonds. The van der Waals surface area contributed by atoms with Gasteiger partial charge in [-0.1, -0.05) is 92.5 Å². The van der Waals surface area contributed by atoms with Crippen molar-refractivity contribution in [1.82, 2.24) is 0 Å². The first-order valence-electron chi connectivity index (χ1n) is 10.4. The minimum Gasteiger partial charge on any atom is -0.289 e. The molecule has 0 aromatic heterocycles. The van der Waals surface area contributed by atoms with Crippen LogP contribution in [0.2, 0.25) is 0 Å². The van der Waals surface area contributed by atoms with E-state index in [9.17, 15) is 9.59 Å². The second-order valence-electron chi connectivity index (χ2n) is 8.24. The summed E-state index contributed by atoms with van der Waals surface area (Å²) in [7, 11) is 0. The number of benzene rings is 4. The molecule has 4 aromatic rings. The monoisotopic (exact) mass is 542 g/mol. The summed E-state index contributed by atoms with van der Waals surface area (Å²) < 4.78 is 1.62. The van der Waals surface area contributed by atoms with Gasteiger partial charge in [-0.25, -0.2) is 0 Å². The lowest BCUT2D eigenvalue weighted by Crippen LogP contribution is -2.19. The fourth-order valence-corrected chi connectivity index (χ4v) is 6.07. The molecule has 2 aliphatic carbocycles. The summed E-state index contributed by atoms with van der Waals surface area (Å²) >= 11 is 7.42.